The van der Waals surface area contributed by atoms with Gasteiger partial charge in [0.1, 0.15) is 18.0 Å². The standard InChI is InChI=1S/C26H32ClN3O5/c1-32-24-9-4-21(16-25(24)34-14-3-12-30-11-2-10-28-30)17-29-13-15-33-19-26(31,18-29)20-35-23-7-5-22(27)6-8-23/h2,4-11,16,31H,3,12-15,17-20H2,1H3. The van der Waals surface area contributed by atoms with Crippen LogP contribution in [0.5, 0.6) is 17.2 Å². The molecule has 1 N–H and O–H groups in total. The van der Waals surface area contributed by atoms with Gasteiger partial charge in [0.05, 0.1) is 26.9 Å². The van der Waals surface area contributed by atoms with Gasteiger partial charge >= 0.3 is 0 Å². The first-order valence-electron chi connectivity index (χ1n) is 11.7. The zero-order chi connectivity index (χ0) is 24.5. The first kappa shape index (κ1) is 25.3. The summed E-state index contributed by atoms with van der Waals surface area (Å²) in [6, 6.07) is 14.9. The van der Waals surface area contributed by atoms with E-state index in [0.29, 0.717) is 55.1 Å². The number of methoxy groups -OCH3 is 1. The highest BCUT2D eigenvalue weighted by molar-refractivity contribution is 6.30. The molecular weight excluding hydrogens is 470 g/mol. The van der Waals surface area contributed by atoms with Crippen molar-refractivity contribution >= 4 is 11.6 Å². The second-order valence-corrected chi connectivity index (χ2v) is 9.12. The Kier molecular flexibility index (Phi) is 8.87. The van der Waals surface area contributed by atoms with Crippen LogP contribution in [0, 0.1) is 0 Å². The number of β-amino-alcohol motifs (C(OH)–C–C–N with tert-alkyl or cyclic N) is 1. The fourth-order valence-electron chi connectivity index (χ4n) is 4.00. The number of nitrogens with zero attached hydrogens (tertiary/aromatic N) is 3. The first-order valence-corrected chi connectivity index (χ1v) is 12.1. The van der Waals surface area contributed by atoms with Gasteiger partial charge in [-0.3, -0.25) is 9.58 Å². The van der Waals surface area contributed by atoms with Gasteiger partial charge in [-0.15, -0.1) is 0 Å². The van der Waals surface area contributed by atoms with Crippen molar-refractivity contribution in [2.24, 2.45) is 0 Å². The maximum atomic E-state index is 11.2. The van der Waals surface area contributed by atoms with Crippen molar-refractivity contribution in [3.8, 4) is 17.2 Å². The number of ether oxygens (including phenoxy) is 4. The van der Waals surface area contributed by atoms with Crippen LogP contribution in [0.3, 0.4) is 0 Å². The number of aryl methyl sites for hydroxylation is 1. The summed E-state index contributed by atoms with van der Waals surface area (Å²) in [4.78, 5) is 2.17. The fraction of sp³-hybridized carbons (Fsp3) is 0.423. The quantitative estimate of drug-likeness (QED) is 0.402. The van der Waals surface area contributed by atoms with E-state index in [4.69, 9.17) is 30.5 Å². The molecule has 1 unspecified atom stereocenters. The molecular formula is C26H32ClN3O5. The molecule has 1 aromatic heterocycles. The minimum absolute atomic E-state index is 0.123. The van der Waals surface area contributed by atoms with E-state index >= 15 is 0 Å². The molecule has 0 amide bonds. The van der Waals surface area contributed by atoms with Crippen molar-refractivity contribution in [2.75, 3.05) is 46.6 Å². The maximum absolute atomic E-state index is 11.2. The monoisotopic (exact) mass is 501 g/mol. The van der Waals surface area contributed by atoms with Crippen molar-refractivity contribution < 1.29 is 24.1 Å². The van der Waals surface area contributed by atoms with Gasteiger partial charge in [-0.1, -0.05) is 17.7 Å². The lowest BCUT2D eigenvalue weighted by atomic mass is 10.1. The van der Waals surface area contributed by atoms with Gasteiger partial charge in [0.15, 0.2) is 11.5 Å². The Morgan fingerprint density at radius 1 is 1.14 bits per heavy atom. The molecule has 188 valence electrons. The first-order chi connectivity index (χ1) is 17.0. The van der Waals surface area contributed by atoms with Crippen molar-refractivity contribution in [3.63, 3.8) is 0 Å². The lowest BCUT2D eigenvalue weighted by Crippen LogP contribution is -2.48. The SMILES string of the molecule is COc1ccc(CN2CCOCC(O)(COc3ccc(Cl)cc3)C2)cc1OCCCn1cccn1. The van der Waals surface area contributed by atoms with Crippen LogP contribution in [0.1, 0.15) is 12.0 Å². The Hall–Kier alpha value is -2.78. The van der Waals surface area contributed by atoms with Gasteiger partial charge < -0.3 is 24.1 Å². The molecule has 1 aliphatic heterocycles. The zero-order valence-electron chi connectivity index (χ0n) is 19.9. The molecule has 1 atom stereocenters. The smallest absolute Gasteiger partial charge is 0.161 e. The normalized spacial score (nSPS) is 18.7. The molecule has 2 aromatic carbocycles. The Bertz CT molecular complexity index is 1050. The van der Waals surface area contributed by atoms with Crippen LogP contribution in [0.25, 0.3) is 0 Å². The number of aromatic nitrogens is 2. The Morgan fingerprint density at radius 2 is 2.00 bits per heavy atom. The van der Waals surface area contributed by atoms with Crippen molar-refractivity contribution in [3.05, 3.63) is 71.5 Å². The number of halogens is 1. The predicted molar refractivity (Wildman–Crippen MR) is 133 cm³/mol. The number of benzene rings is 2. The van der Waals surface area contributed by atoms with Crippen molar-refractivity contribution in [1.29, 1.82) is 0 Å². The molecule has 8 nitrogen and oxygen atoms in total. The third-order valence-corrected chi connectivity index (χ3v) is 6.00. The van der Waals surface area contributed by atoms with Crippen LogP contribution in [-0.4, -0.2) is 72.0 Å². The van der Waals surface area contributed by atoms with Crippen LogP contribution >= 0.6 is 11.6 Å². The highest BCUT2D eigenvalue weighted by Gasteiger charge is 2.33. The number of aliphatic hydroxyl groups is 1. The molecule has 0 radical (unpaired) electrons. The maximum Gasteiger partial charge on any atom is 0.161 e. The van der Waals surface area contributed by atoms with E-state index in [9.17, 15) is 5.11 Å². The van der Waals surface area contributed by atoms with E-state index in [1.165, 1.54) is 0 Å². The average Bonchev–Trinajstić information content (AvgIpc) is 3.31. The van der Waals surface area contributed by atoms with Crippen LogP contribution in [0.15, 0.2) is 60.9 Å². The molecule has 0 bridgehead atoms. The van der Waals surface area contributed by atoms with Crippen LogP contribution < -0.4 is 14.2 Å². The number of hydrogen-bond donors (Lipinski definition) is 1. The van der Waals surface area contributed by atoms with Gasteiger partial charge in [-0.25, -0.2) is 0 Å². The van der Waals surface area contributed by atoms with E-state index in [1.54, 1.807) is 37.6 Å². The molecule has 0 saturated carbocycles. The van der Waals surface area contributed by atoms with E-state index in [2.05, 4.69) is 10.00 Å². The topological polar surface area (TPSA) is 78.2 Å². The Labute approximate surface area is 210 Å². The molecule has 9 heteroatoms. The van der Waals surface area contributed by atoms with Crippen LogP contribution in [0.4, 0.5) is 0 Å². The Morgan fingerprint density at radius 3 is 2.77 bits per heavy atom. The minimum Gasteiger partial charge on any atom is -0.493 e. The van der Waals surface area contributed by atoms with E-state index < -0.39 is 5.60 Å². The largest absolute Gasteiger partial charge is 0.493 e. The van der Waals surface area contributed by atoms with Gasteiger partial charge in [-0.05, 0) is 48.0 Å². The molecule has 0 aliphatic carbocycles. The third-order valence-electron chi connectivity index (χ3n) is 5.74. The predicted octanol–water partition coefficient (Wildman–Crippen LogP) is 3.66. The molecule has 1 fully saturated rings. The molecule has 1 saturated heterocycles. The average molecular weight is 502 g/mol. The molecule has 2 heterocycles. The van der Waals surface area contributed by atoms with Gasteiger partial charge in [0.25, 0.3) is 0 Å². The number of rotatable bonds is 11. The second kappa shape index (κ2) is 12.3. The van der Waals surface area contributed by atoms with Gasteiger partial charge in [-0.2, -0.15) is 5.10 Å². The summed E-state index contributed by atoms with van der Waals surface area (Å²) in [5.41, 5.74) is -0.0650. The van der Waals surface area contributed by atoms with Crippen LogP contribution in [0.2, 0.25) is 5.02 Å². The summed E-state index contributed by atoms with van der Waals surface area (Å²) in [5.74, 6) is 2.06. The van der Waals surface area contributed by atoms with Gasteiger partial charge in [0.2, 0.25) is 0 Å². The van der Waals surface area contributed by atoms with E-state index in [0.717, 1.165) is 18.5 Å². The summed E-state index contributed by atoms with van der Waals surface area (Å²) in [7, 11) is 1.64. The molecule has 35 heavy (non-hydrogen) atoms. The Balaban J connectivity index is 1.34. The van der Waals surface area contributed by atoms with Gasteiger partial charge in [0, 0.05) is 50.0 Å². The van der Waals surface area contributed by atoms with Crippen molar-refractivity contribution in [1.82, 2.24) is 14.7 Å². The number of hydrogen-bond acceptors (Lipinski definition) is 7. The minimum atomic E-state index is -1.13. The summed E-state index contributed by atoms with van der Waals surface area (Å²) in [6.45, 7) is 3.99. The summed E-state index contributed by atoms with van der Waals surface area (Å²) >= 11 is 5.94. The lowest BCUT2D eigenvalue weighted by Gasteiger charge is -2.30. The summed E-state index contributed by atoms with van der Waals surface area (Å²) in [6.07, 6.45) is 4.54. The second-order valence-electron chi connectivity index (χ2n) is 8.69. The molecule has 3 aromatic rings. The zero-order valence-corrected chi connectivity index (χ0v) is 20.7. The third kappa shape index (κ3) is 7.60. The van der Waals surface area contributed by atoms with E-state index in [1.807, 2.05) is 35.1 Å². The van der Waals surface area contributed by atoms with Crippen LogP contribution in [-0.2, 0) is 17.8 Å². The fourth-order valence-corrected chi connectivity index (χ4v) is 4.13. The lowest BCUT2D eigenvalue weighted by molar-refractivity contribution is -0.0646. The van der Waals surface area contributed by atoms with Crippen molar-refractivity contribution in [2.45, 2.75) is 25.1 Å². The summed E-state index contributed by atoms with van der Waals surface area (Å²) in [5, 5.41) is 16.1. The van der Waals surface area contributed by atoms with E-state index in [-0.39, 0.29) is 13.2 Å². The molecule has 4 rings (SSSR count). The highest BCUT2D eigenvalue weighted by atomic mass is 35.5. The molecule has 1 aliphatic rings. The molecule has 0 spiro atoms. The highest BCUT2D eigenvalue weighted by Crippen LogP contribution is 2.29. The summed E-state index contributed by atoms with van der Waals surface area (Å²) < 4.78 is 24.9.